The lowest BCUT2D eigenvalue weighted by Crippen LogP contribution is -1.98. The van der Waals surface area contributed by atoms with E-state index in [9.17, 15) is 5.11 Å². The predicted molar refractivity (Wildman–Crippen MR) is 107 cm³/mol. The van der Waals surface area contributed by atoms with Gasteiger partial charge in [0.1, 0.15) is 16.8 Å². The van der Waals surface area contributed by atoms with Crippen LogP contribution in [-0.4, -0.2) is 27.2 Å². The van der Waals surface area contributed by atoms with Crippen molar-refractivity contribution < 1.29 is 9.84 Å². The molecule has 1 aromatic carbocycles. The van der Waals surface area contributed by atoms with Gasteiger partial charge in [-0.1, -0.05) is 12.1 Å². The normalized spacial score (nSPS) is 11.9. The van der Waals surface area contributed by atoms with Gasteiger partial charge in [-0.05, 0) is 24.3 Å². The number of nitrogens with two attached hydrogens (primary N) is 1. The standard InChI is InChI=1S/C20H15N5O2S/c1-27-16-6-5-13(10-23-16)17(26)15-8-14-18(22)24-19(25-20(14)28-15)12-4-2-3-11(7-12)9-21/h2-8,10,17,26H,1H3,(H2,22,24,25). The van der Waals surface area contributed by atoms with Crippen LogP contribution >= 0.6 is 11.3 Å². The molecule has 0 bridgehead atoms. The molecule has 138 valence electrons. The fourth-order valence-corrected chi connectivity index (χ4v) is 3.85. The van der Waals surface area contributed by atoms with Crippen LogP contribution in [0.2, 0.25) is 0 Å². The third-order valence-corrected chi connectivity index (χ3v) is 5.33. The van der Waals surface area contributed by atoms with Gasteiger partial charge in [-0.2, -0.15) is 5.26 Å². The number of methoxy groups -OCH3 is 1. The Morgan fingerprint density at radius 3 is 2.79 bits per heavy atom. The van der Waals surface area contributed by atoms with Gasteiger partial charge in [-0.15, -0.1) is 11.3 Å². The van der Waals surface area contributed by atoms with Gasteiger partial charge >= 0.3 is 0 Å². The second-order valence-electron chi connectivity index (χ2n) is 6.03. The molecule has 1 atom stereocenters. The average Bonchev–Trinajstić information content (AvgIpc) is 3.18. The summed E-state index contributed by atoms with van der Waals surface area (Å²) in [6, 6.07) is 14.4. The summed E-state index contributed by atoms with van der Waals surface area (Å²) in [7, 11) is 1.54. The first-order valence-corrected chi connectivity index (χ1v) is 9.16. The minimum Gasteiger partial charge on any atom is -0.481 e. The van der Waals surface area contributed by atoms with E-state index in [1.165, 1.54) is 18.4 Å². The van der Waals surface area contributed by atoms with Crippen molar-refractivity contribution in [3.05, 3.63) is 64.7 Å². The molecule has 0 aliphatic rings. The first-order chi connectivity index (χ1) is 13.6. The smallest absolute Gasteiger partial charge is 0.212 e. The van der Waals surface area contributed by atoms with E-state index in [4.69, 9.17) is 15.7 Å². The number of aliphatic hydroxyl groups is 1. The zero-order chi connectivity index (χ0) is 19.7. The summed E-state index contributed by atoms with van der Waals surface area (Å²) in [4.78, 5) is 14.4. The minimum absolute atomic E-state index is 0.324. The van der Waals surface area contributed by atoms with Gasteiger partial charge in [0.05, 0.1) is 24.1 Å². The summed E-state index contributed by atoms with van der Waals surface area (Å²) in [6.07, 6.45) is 0.712. The predicted octanol–water partition coefficient (Wildman–Crippen LogP) is 3.30. The fourth-order valence-electron chi connectivity index (χ4n) is 2.79. The number of nitrogen functional groups attached to an aromatic ring is 1. The number of rotatable bonds is 4. The molecule has 0 aliphatic carbocycles. The molecule has 8 heteroatoms. The Labute approximate surface area is 164 Å². The highest BCUT2D eigenvalue weighted by Gasteiger charge is 2.18. The van der Waals surface area contributed by atoms with Crippen molar-refractivity contribution in [3.8, 4) is 23.3 Å². The minimum atomic E-state index is -0.859. The monoisotopic (exact) mass is 389 g/mol. The van der Waals surface area contributed by atoms with Crippen molar-refractivity contribution in [1.29, 1.82) is 5.26 Å². The lowest BCUT2D eigenvalue weighted by Gasteiger charge is -2.08. The molecule has 4 aromatic rings. The van der Waals surface area contributed by atoms with Crippen LogP contribution in [0.25, 0.3) is 21.6 Å². The van der Waals surface area contributed by atoms with E-state index in [0.29, 0.717) is 49.3 Å². The first kappa shape index (κ1) is 17.9. The van der Waals surface area contributed by atoms with Crippen molar-refractivity contribution in [2.45, 2.75) is 6.10 Å². The van der Waals surface area contributed by atoms with Gasteiger partial charge < -0.3 is 15.6 Å². The zero-order valence-electron chi connectivity index (χ0n) is 14.8. The number of ether oxygens (including phenoxy) is 1. The summed E-state index contributed by atoms with van der Waals surface area (Å²) in [5, 5.41) is 20.5. The van der Waals surface area contributed by atoms with E-state index < -0.39 is 6.10 Å². The van der Waals surface area contributed by atoms with Crippen LogP contribution in [0.3, 0.4) is 0 Å². The molecule has 0 fully saturated rings. The molecule has 0 radical (unpaired) electrons. The number of aromatic nitrogens is 3. The number of aliphatic hydroxyl groups excluding tert-OH is 1. The molecule has 0 spiro atoms. The molecule has 0 saturated heterocycles. The van der Waals surface area contributed by atoms with E-state index in [2.05, 4.69) is 21.0 Å². The third kappa shape index (κ3) is 3.24. The molecule has 3 aromatic heterocycles. The quantitative estimate of drug-likeness (QED) is 0.550. The molecular formula is C20H15N5O2S. The van der Waals surface area contributed by atoms with E-state index in [1.54, 1.807) is 42.6 Å². The summed E-state index contributed by atoms with van der Waals surface area (Å²) in [5.41, 5.74) is 8.01. The van der Waals surface area contributed by atoms with Crippen LogP contribution in [0.15, 0.2) is 48.7 Å². The molecule has 0 saturated carbocycles. The van der Waals surface area contributed by atoms with Crippen molar-refractivity contribution in [2.75, 3.05) is 12.8 Å². The van der Waals surface area contributed by atoms with Crippen LogP contribution in [0, 0.1) is 11.3 Å². The van der Waals surface area contributed by atoms with Crippen molar-refractivity contribution in [3.63, 3.8) is 0 Å². The molecule has 7 nitrogen and oxygen atoms in total. The van der Waals surface area contributed by atoms with Gasteiger partial charge in [0.2, 0.25) is 5.88 Å². The zero-order valence-corrected chi connectivity index (χ0v) is 15.6. The number of anilines is 1. The first-order valence-electron chi connectivity index (χ1n) is 8.34. The van der Waals surface area contributed by atoms with Crippen molar-refractivity contribution in [2.24, 2.45) is 0 Å². The Hall–Kier alpha value is -3.54. The van der Waals surface area contributed by atoms with E-state index in [1.807, 2.05) is 6.07 Å². The summed E-state index contributed by atoms with van der Waals surface area (Å²) in [6.45, 7) is 0. The fraction of sp³-hybridized carbons (Fsp3) is 0.100. The number of pyridine rings is 1. The molecule has 0 aliphatic heterocycles. The van der Waals surface area contributed by atoms with Gasteiger partial charge in [-0.3, -0.25) is 0 Å². The highest BCUT2D eigenvalue weighted by atomic mass is 32.1. The molecule has 3 N–H and O–H groups in total. The molecular weight excluding hydrogens is 374 g/mol. The van der Waals surface area contributed by atoms with Gasteiger partial charge in [0, 0.05) is 28.3 Å². The topological polar surface area (TPSA) is 118 Å². The Bertz CT molecular complexity index is 1200. The molecule has 3 heterocycles. The lowest BCUT2D eigenvalue weighted by atomic mass is 10.1. The number of benzene rings is 1. The highest BCUT2D eigenvalue weighted by molar-refractivity contribution is 7.18. The van der Waals surface area contributed by atoms with E-state index in [0.717, 1.165) is 0 Å². The number of hydrogen-bond donors (Lipinski definition) is 2. The number of thiophene rings is 1. The summed E-state index contributed by atoms with van der Waals surface area (Å²) >= 11 is 1.34. The Kier molecular flexibility index (Phi) is 4.61. The molecule has 0 amide bonds. The number of fused-ring (bicyclic) bond motifs is 1. The highest BCUT2D eigenvalue weighted by Crippen LogP contribution is 2.35. The Morgan fingerprint density at radius 1 is 1.21 bits per heavy atom. The Morgan fingerprint density at radius 2 is 2.07 bits per heavy atom. The number of nitriles is 1. The largest absolute Gasteiger partial charge is 0.481 e. The van der Waals surface area contributed by atoms with Crippen LogP contribution < -0.4 is 10.5 Å². The van der Waals surface area contributed by atoms with Gasteiger partial charge in [0.25, 0.3) is 0 Å². The molecule has 28 heavy (non-hydrogen) atoms. The summed E-state index contributed by atoms with van der Waals surface area (Å²) in [5.74, 6) is 1.24. The van der Waals surface area contributed by atoms with Crippen molar-refractivity contribution in [1.82, 2.24) is 15.0 Å². The second-order valence-corrected chi connectivity index (χ2v) is 7.09. The van der Waals surface area contributed by atoms with Gasteiger partial charge in [0.15, 0.2) is 5.82 Å². The van der Waals surface area contributed by atoms with E-state index in [-0.39, 0.29) is 0 Å². The van der Waals surface area contributed by atoms with Crippen LogP contribution in [-0.2, 0) is 0 Å². The maximum absolute atomic E-state index is 10.7. The molecule has 4 rings (SSSR count). The molecule has 1 unspecified atom stereocenters. The number of hydrogen-bond acceptors (Lipinski definition) is 8. The van der Waals surface area contributed by atoms with Crippen LogP contribution in [0.4, 0.5) is 5.82 Å². The second kappa shape index (κ2) is 7.23. The van der Waals surface area contributed by atoms with Gasteiger partial charge in [-0.25, -0.2) is 15.0 Å². The summed E-state index contributed by atoms with van der Waals surface area (Å²) < 4.78 is 5.05. The van der Waals surface area contributed by atoms with E-state index >= 15 is 0 Å². The van der Waals surface area contributed by atoms with Crippen LogP contribution in [0.1, 0.15) is 22.1 Å². The Balaban J connectivity index is 1.74. The third-order valence-electron chi connectivity index (χ3n) is 4.24. The number of nitrogens with zero attached hydrogens (tertiary/aromatic N) is 4. The lowest BCUT2D eigenvalue weighted by molar-refractivity contribution is 0.223. The maximum Gasteiger partial charge on any atom is 0.212 e. The van der Waals surface area contributed by atoms with Crippen molar-refractivity contribution >= 4 is 27.4 Å². The average molecular weight is 389 g/mol. The maximum atomic E-state index is 10.7. The van der Waals surface area contributed by atoms with Crippen LogP contribution in [0.5, 0.6) is 5.88 Å². The SMILES string of the molecule is COc1ccc(C(O)c2cc3c(N)nc(-c4cccc(C#N)c4)nc3s2)cn1.